The molecule has 0 aliphatic heterocycles. The Kier molecular flexibility index (Phi) is 5.02. The van der Waals surface area contributed by atoms with Crippen LogP contribution >= 0.6 is 15.9 Å². The first-order valence-electron chi connectivity index (χ1n) is 6.43. The van der Waals surface area contributed by atoms with Crippen LogP contribution in [0.3, 0.4) is 0 Å². The molecule has 1 aromatic carbocycles. The highest BCUT2D eigenvalue weighted by molar-refractivity contribution is 9.10. The van der Waals surface area contributed by atoms with Gasteiger partial charge in [-0.05, 0) is 58.8 Å². The van der Waals surface area contributed by atoms with Gasteiger partial charge in [0, 0.05) is 0 Å². The van der Waals surface area contributed by atoms with Gasteiger partial charge in [0.25, 0.3) is 5.91 Å². The van der Waals surface area contributed by atoms with Crippen molar-refractivity contribution < 1.29 is 14.3 Å². The van der Waals surface area contributed by atoms with E-state index in [2.05, 4.69) is 21.2 Å². The van der Waals surface area contributed by atoms with E-state index in [1.165, 1.54) is 12.1 Å². The number of nitrogens with zero attached hydrogens (tertiary/aromatic N) is 1. The second-order valence-electron chi connectivity index (χ2n) is 4.58. The molecular formula is C16H13BrN2O3. The highest BCUT2D eigenvalue weighted by Crippen LogP contribution is 2.25. The Morgan fingerprint density at radius 1 is 1.45 bits per heavy atom. The van der Waals surface area contributed by atoms with Crippen LogP contribution in [0.1, 0.15) is 17.1 Å². The lowest BCUT2D eigenvalue weighted by Crippen LogP contribution is -2.23. The van der Waals surface area contributed by atoms with E-state index < -0.39 is 5.91 Å². The quantitative estimate of drug-likeness (QED) is 0.646. The van der Waals surface area contributed by atoms with Gasteiger partial charge in [-0.15, -0.1) is 0 Å². The summed E-state index contributed by atoms with van der Waals surface area (Å²) in [5, 5.41) is 21.2. The zero-order chi connectivity index (χ0) is 16.1. The highest BCUT2D eigenvalue weighted by Gasteiger charge is 2.10. The van der Waals surface area contributed by atoms with E-state index >= 15 is 0 Å². The number of hydrogen-bond acceptors (Lipinski definition) is 4. The lowest BCUT2D eigenvalue weighted by molar-refractivity contribution is -0.117. The monoisotopic (exact) mass is 360 g/mol. The number of nitriles is 1. The summed E-state index contributed by atoms with van der Waals surface area (Å²) < 4.78 is 5.83. The van der Waals surface area contributed by atoms with Crippen LogP contribution in [-0.4, -0.2) is 11.0 Å². The number of aromatic hydroxyl groups is 1. The number of amides is 1. The third-order valence-corrected chi connectivity index (χ3v) is 3.50. The lowest BCUT2D eigenvalue weighted by atomic mass is 10.1. The standard InChI is InChI=1S/C16H13BrN2O3/c1-10-2-4-13(22-10)9-19-16(21)12(8-18)6-11-3-5-15(20)14(17)7-11/h2-7,20H,9H2,1H3,(H,19,21)/b12-6-. The van der Waals surface area contributed by atoms with Crippen LogP contribution in [-0.2, 0) is 11.3 Å². The van der Waals surface area contributed by atoms with Crippen molar-refractivity contribution in [3.8, 4) is 11.8 Å². The van der Waals surface area contributed by atoms with Gasteiger partial charge in [-0.25, -0.2) is 0 Å². The Hall–Kier alpha value is -2.52. The molecule has 1 heterocycles. The van der Waals surface area contributed by atoms with Gasteiger partial charge in [0.1, 0.15) is 28.9 Å². The van der Waals surface area contributed by atoms with Crippen LogP contribution in [0.25, 0.3) is 6.08 Å². The number of phenols is 1. The van der Waals surface area contributed by atoms with Gasteiger partial charge in [0.15, 0.2) is 0 Å². The van der Waals surface area contributed by atoms with Gasteiger partial charge >= 0.3 is 0 Å². The number of carbonyl (C=O) groups excluding carboxylic acids is 1. The maximum atomic E-state index is 12.0. The fourth-order valence-corrected chi connectivity index (χ4v) is 2.17. The summed E-state index contributed by atoms with van der Waals surface area (Å²) >= 11 is 3.18. The van der Waals surface area contributed by atoms with Gasteiger partial charge in [-0.2, -0.15) is 5.26 Å². The smallest absolute Gasteiger partial charge is 0.262 e. The Morgan fingerprint density at radius 2 is 2.23 bits per heavy atom. The number of furan rings is 1. The normalized spacial score (nSPS) is 11.0. The second-order valence-corrected chi connectivity index (χ2v) is 5.43. The molecular weight excluding hydrogens is 348 g/mol. The molecule has 0 fully saturated rings. The molecule has 112 valence electrons. The molecule has 0 aliphatic rings. The number of nitrogens with one attached hydrogen (secondary N) is 1. The van der Waals surface area contributed by atoms with E-state index in [0.29, 0.717) is 15.8 Å². The first-order valence-corrected chi connectivity index (χ1v) is 7.22. The molecule has 0 radical (unpaired) electrons. The first kappa shape index (κ1) is 15.9. The van der Waals surface area contributed by atoms with Crippen molar-refractivity contribution in [2.75, 3.05) is 0 Å². The Bertz CT molecular complexity index is 772. The third-order valence-electron chi connectivity index (χ3n) is 2.87. The summed E-state index contributed by atoms with van der Waals surface area (Å²) in [7, 11) is 0. The summed E-state index contributed by atoms with van der Waals surface area (Å²) in [6.07, 6.45) is 1.45. The molecule has 1 aromatic heterocycles. The molecule has 1 amide bonds. The Morgan fingerprint density at radius 3 is 2.82 bits per heavy atom. The molecule has 0 unspecified atom stereocenters. The number of carbonyl (C=O) groups is 1. The molecule has 5 nitrogen and oxygen atoms in total. The van der Waals surface area contributed by atoms with Crippen LogP contribution in [0.5, 0.6) is 5.75 Å². The number of halogens is 1. The van der Waals surface area contributed by atoms with Crippen LogP contribution in [0.4, 0.5) is 0 Å². The minimum atomic E-state index is -0.485. The van der Waals surface area contributed by atoms with Crippen LogP contribution in [0, 0.1) is 18.3 Å². The fraction of sp³-hybridized carbons (Fsp3) is 0.125. The van der Waals surface area contributed by atoms with E-state index in [9.17, 15) is 9.90 Å². The Balaban J connectivity index is 2.09. The van der Waals surface area contributed by atoms with E-state index in [4.69, 9.17) is 9.68 Å². The third kappa shape index (κ3) is 3.99. The SMILES string of the molecule is Cc1ccc(CNC(=O)/C(C#N)=C\c2ccc(O)c(Br)c2)o1. The average molecular weight is 361 g/mol. The van der Waals surface area contributed by atoms with E-state index in [0.717, 1.165) is 5.76 Å². The zero-order valence-corrected chi connectivity index (χ0v) is 13.3. The molecule has 0 saturated heterocycles. The molecule has 6 heteroatoms. The van der Waals surface area contributed by atoms with Crippen molar-refractivity contribution in [3.63, 3.8) is 0 Å². The summed E-state index contributed by atoms with van der Waals surface area (Å²) in [4.78, 5) is 12.0. The summed E-state index contributed by atoms with van der Waals surface area (Å²) in [5.41, 5.74) is 0.603. The van der Waals surface area contributed by atoms with Gasteiger partial charge in [0.05, 0.1) is 11.0 Å². The van der Waals surface area contributed by atoms with E-state index in [1.807, 2.05) is 13.0 Å². The Labute approximate surface area is 136 Å². The average Bonchev–Trinajstić information content (AvgIpc) is 2.91. The van der Waals surface area contributed by atoms with Crippen LogP contribution in [0.15, 0.2) is 44.8 Å². The van der Waals surface area contributed by atoms with Crippen molar-refractivity contribution >= 4 is 27.9 Å². The first-order chi connectivity index (χ1) is 10.5. The van der Waals surface area contributed by atoms with Gasteiger partial charge in [0.2, 0.25) is 0 Å². The number of rotatable bonds is 4. The zero-order valence-electron chi connectivity index (χ0n) is 11.8. The van der Waals surface area contributed by atoms with Crippen molar-refractivity contribution in [2.24, 2.45) is 0 Å². The summed E-state index contributed by atoms with van der Waals surface area (Å²) in [5.74, 6) is 0.985. The molecule has 0 spiro atoms. The van der Waals surface area contributed by atoms with Gasteiger partial charge in [-0.3, -0.25) is 4.79 Å². The molecule has 2 rings (SSSR count). The van der Waals surface area contributed by atoms with E-state index in [-0.39, 0.29) is 17.9 Å². The van der Waals surface area contributed by atoms with Crippen molar-refractivity contribution in [1.29, 1.82) is 5.26 Å². The number of aryl methyl sites for hydroxylation is 1. The number of benzene rings is 1. The van der Waals surface area contributed by atoms with Crippen molar-refractivity contribution in [1.82, 2.24) is 5.32 Å². The molecule has 2 aromatic rings. The molecule has 0 aliphatic carbocycles. The van der Waals surface area contributed by atoms with E-state index in [1.54, 1.807) is 24.3 Å². The van der Waals surface area contributed by atoms with Crippen LogP contribution < -0.4 is 5.32 Å². The minimum Gasteiger partial charge on any atom is -0.507 e. The summed E-state index contributed by atoms with van der Waals surface area (Å²) in [6.45, 7) is 2.03. The topological polar surface area (TPSA) is 86.3 Å². The molecule has 0 saturated carbocycles. The molecule has 2 N–H and O–H groups in total. The predicted molar refractivity (Wildman–Crippen MR) is 84.7 cm³/mol. The maximum Gasteiger partial charge on any atom is 0.262 e. The van der Waals surface area contributed by atoms with Gasteiger partial charge < -0.3 is 14.8 Å². The maximum absolute atomic E-state index is 12.0. The highest BCUT2D eigenvalue weighted by atomic mass is 79.9. The minimum absolute atomic E-state index is 0.0270. The molecule has 0 atom stereocenters. The second kappa shape index (κ2) is 6.96. The van der Waals surface area contributed by atoms with Crippen LogP contribution in [0.2, 0.25) is 0 Å². The van der Waals surface area contributed by atoms with Crippen molar-refractivity contribution in [2.45, 2.75) is 13.5 Å². The van der Waals surface area contributed by atoms with Gasteiger partial charge in [-0.1, -0.05) is 6.07 Å². The number of phenolic OH excluding ortho intramolecular Hbond substituents is 1. The predicted octanol–water partition coefficient (Wildman–Crippen LogP) is 3.28. The largest absolute Gasteiger partial charge is 0.507 e. The summed E-state index contributed by atoms with van der Waals surface area (Å²) in [6, 6.07) is 10.1. The fourth-order valence-electron chi connectivity index (χ4n) is 1.77. The molecule has 0 bridgehead atoms. The molecule has 22 heavy (non-hydrogen) atoms. The van der Waals surface area contributed by atoms with Crippen molar-refractivity contribution in [3.05, 3.63) is 57.5 Å². The number of hydrogen-bond donors (Lipinski definition) is 2. The lowest BCUT2D eigenvalue weighted by Gasteiger charge is -2.03.